The number of urea groups is 1. The SMILES string of the molecule is C[C@H](C1CC1)n1cc(NC(=O)N2CCC[C@H](Cn3ccnn3)C2)cn1. The summed E-state index contributed by atoms with van der Waals surface area (Å²) in [5.41, 5.74) is 0.774. The normalized spacial score (nSPS) is 22.0. The molecule has 8 heteroatoms. The van der Waals surface area contributed by atoms with Gasteiger partial charge in [0.05, 0.1) is 24.1 Å². The molecule has 0 spiro atoms. The number of nitrogens with one attached hydrogen (secondary N) is 1. The van der Waals surface area contributed by atoms with Crippen LogP contribution in [0.1, 0.15) is 38.6 Å². The van der Waals surface area contributed by atoms with Gasteiger partial charge in [0.25, 0.3) is 0 Å². The molecule has 2 amide bonds. The van der Waals surface area contributed by atoms with Crippen molar-refractivity contribution in [1.82, 2.24) is 29.7 Å². The Morgan fingerprint density at radius 2 is 2.28 bits per heavy atom. The summed E-state index contributed by atoms with van der Waals surface area (Å²) in [6.07, 6.45) is 11.9. The van der Waals surface area contributed by atoms with Crippen LogP contribution in [0.15, 0.2) is 24.8 Å². The third kappa shape index (κ3) is 3.83. The Hall–Kier alpha value is -2.38. The second kappa shape index (κ2) is 6.85. The molecule has 1 saturated heterocycles. The average Bonchev–Trinajstić information content (AvgIpc) is 3.15. The predicted octanol–water partition coefficient (Wildman–Crippen LogP) is 2.39. The smallest absolute Gasteiger partial charge is 0.321 e. The number of piperidine rings is 1. The van der Waals surface area contributed by atoms with Gasteiger partial charge in [0.2, 0.25) is 0 Å². The van der Waals surface area contributed by atoms with Crippen molar-refractivity contribution in [3.8, 4) is 0 Å². The minimum atomic E-state index is -0.0399. The highest BCUT2D eigenvalue weighted by molar-refractivity contribution is 5.89. The van der Waals surface area contributed by atoms with Crippen LogP contribution >= 0.6 is 0 Å². The Bertz CT molecular complexity index is 706. The van der Waals surface area contributed by atoms with Gasteiger partial charge in [-0.3, -0.25) is 9.36 Å². The van der Waals surface area contributed by atoms with Crippen LogP contribution in [0.25, 0.3) is 0 Å². The number of carbonyl (C=O) groups excluding carboxylic acids is 1. The molecule has 0 aromatic carbocycles. The molecule has 2 fully saturated rings. The van der Waals surface area contributed by atoms with E-state index in [2.05, 4.69) is 27.7 Å². The number of nitrogens with zero attached hydrogens (tertiary/aromatic N) is 6. The summed E-state index contributed by atoms with van der Waals surface area (Å²) in [6, 6.07) is 0.370. The van der Waals surface area contributed by atoms with Gasteiger partial charge in [-0.25, -0.2) is 4.79 Å². The molecule has 25 heavy (non-hydrogen) atoms. The fraction of sp³-hybridized carbons (Fsp3) is 0.647. The standard InChI is InChI=1S/C17H25N7O/c1-13(15-4-5-15)24-12-16(9-19-24)20-17(25)22-7-2-3-14(10-22)11-23-8-6-18-21-23/h6,8-9,12-15H,2-5,7,10-11H2,1H3,(H,20,25)/t13-,14+/m1/s1. The maximum absolute atomic E-state index is 12.6. The molecular weight excluding hydrogens is 318 g/mol. The number of amides is 2. The van der Waals surface area contributed by atoms with E-state index in [-0.39, 0.29) is 6.03 Å². The first-order valence-electron chi connectivity index (χ1n) is 9.13. The Morgan fingerprint density at radius 1 is 1.40 bits per heavy atom. The number of rotatable bonds is 5. The molecule has 0 radical (unpaired) electrons. The lowest BCUT2D eigenvalue weighted by Crippen LogP contribution is -2.43. The predicted molar refractivity (Wildman–Crippen MR) is 93.0 cm³/mol. The molecule has 1 aliphatic heterocycles. The Kier molecular flexibility index (Phi) is 4.42. The van der Waals surface area contributed by atoms with Crippen molar-refractivity contribution < 1.29 is 4.79 Å². The van der Waals surface area contributed by atoms with Gasteiger partial charge in [-0.05, 0) is 44.4 Å². The van der Waals surface area contributed by atoms with Crippen LogP contribution in [0.2, 0.25) is 0 Å². The summed E-state index contributed by atoms with van der Waals surface area (Å²) in [6.45, 7) is 4.54. The first-order chi connectivity index (χ1) is 12.2. The number of hydrogen-bond acceptors (Lipinski definition) is 4. The van der Waals surface area contributed by atoms with Crippen LogP contribution in [0.5, 0.6) is 0 Å². The summed E-state index contributed by atoms with van der Waals surface area (Å²) < 4.78 is 3.81. The molecule has 2 aromatic rings. The zero-order chi connectivity index (χ0) is 17.2. The minimum Gasteiger partial charge on any atom is -0.324 e. The van der Waals surface area contributed by atoms with Crippen LogP contribution in [0.3, 0.4) is 0 Å². The lowest BCUT2D eigenvalue weighted by molar-refractivity contribution is 0.168. The molecular formula is C17H25N7O. The summed E-state index contributed by atoms with van der Waals surface area (Å²) in [7, 11) is 0. The van der Waals surface area contributed by atoms with Crippen LogP contribution < -0.4 is 5.32 Å². The number of likely N-dealkylation sites (tertiary alicyclic amines) is 1. The average molecular weight is 343 g/mol. The molecule has 1 aliphatic carbocycles. The van der Waals surface area contributed by atoms with E-state index in [4.69, 9.17) is 0 Å². The molecule has 4 rings (SSSR count). The number of aromatic nitrogens is 5. The van der Waals surface area contributed by atoms with Gasteiger partial charge in [-0.1, -0.05) is 5.21 Å². The third-order valence-electron chi connectivity index (χ3n) is 5.30. The van der Waals surface area contributed by atoms with Gasteiger partial charge in [0, 0.05) is 32.0 Å². The monoisotopic (exact) mass is 343 g/mol. The van der Waals surface area contributed by atoms with Crippen LogP contribution in [0, 0.1) is 11.8 Å². The quantitative estimate of drug-likeness (QED) is 0.904. The van der Waals surface area contributed by atoms with Crippen molar-refractivity contribution in [2.75, 3.05) is 18.4 Å². The van der Waals surface area contributed by atoms with Crippen molar-refractivity contribution in [2.45, 2.75) is 45.2 Å². The van der Waals surface area contributed by atoms with E-state index in [1.165, 1.54) is 12.8 Å². The fourth-order valence-corrected chi connectivity index (χ4v) is 3.62. The molecule has 2 atom stereocenters. The maximum Gasteiger partial charge on any atom is 0.321 e. The van der Waals surface area contributed by atoms with Gasteiger partial charge in [0.15, 0.2) is 0 Å². The molecule has 134 valence electrons. The highest BCUT2D eigenvalue weighted by Gasteiger charge is 2.30. The fourth-order valence-electron chi connectivity index (χ4n) is 3.62. The lowest BCUT2D eigenvalue weighted by atomic mass is 9.98. The summed E-state index contributed by atoms with van der Waals surface area (Å²) >= 11 is 0. The number of carbonyl (C=O) groups is 1. The zero-order valence-corrected chi connectivity index (χ0v) is 14.6. The van der Waals surface area contributed by atoms with Crippen LogP contribution in [0.4, 0.5) is 10.5 Å². The van der Waals surface area contributed by atoms with Crippen molar-refractivity contribution in [3.63, 3.8) is 0 Å². The molecule has 0 unspecified atom stereocenters. The molecule has 1 saturated carbocycles. The van der Waals surface area contributed by atoms with Gasteiger partial charge in [0.1, 0.15) is 0 Å². The van der Waals surface area contributed by atoms with Crippen LogP contribution in [-0.4, -0.2) is 48.8 Å². The Balaban J connectivity index is 1.32. The van der Waals surface area contributed by atoms with E-state index in [9.17, 15) is 4.79 Å². The highest BCUT2D eigenvalue weighted by Crippen LogP contribution is 2.39. The van der Waals surface area contributed by atoms with E-state index < -0.39 is 0 Å². The highest BCUT2D eigenvalue weighted by atomic mass is 16.2. The third-order valence-corrected chi connectivity index (χ3v) is 5.30. The summed E-state index contributed by atoms with van der Waals surface area (Å²) in [4.78, 5) is 14.5. The van der Waals surface area contributed by atoms with E-state index in [1.807, 2.05) is 26.7 Å². The van der Waals surface area contributed by atoms with Gasteiger partial charge in [-0.2, -0.15) is 5.10 Å². The van der Waals surface area contributed by atoms with Gasteiger partial charge in [-0.15, -0.1) is 5.10 Å². The molecule has 2 aromatic heterocycles. The Labute approximate surface area is 147 Å². The largest absolute Gasteiger partial charge is 0.324 e. The molecule has 2 aliphatic rings. The van der Waals surface area contributed by atoms with E-state index >= 15 is 0 Å². The minimum absolute atomic E-state index is 0.0399. The second-order valence-corrected chi connectivity index (χ2v) is 7.30. The van der Waals surface area contributed by atoms with E-state index in [0.717, 1.165) is 44.1 Å². The van der Waals surface area contributed by atoms with Crippen molar-refractivity contribution in [3.05, 3.63) is 24.8 Å². The molecule has 8 nitrogen and oxygen atoms in total. The first-order valence-corrected chi connectivity index (χ1v) is 9.13. The van der Waals surface area contributed by atoms with E-state index in [0.29, 0.717) is 12.0 Å². The van der Waals surface area contributed by atoms with Crippen molar-refractivity contribution in [1.29, 1.82) is 0 Å². The summed E-state index contributed by atoms with van der Waals surface area (Å²) in [5, 5.41) is 15.3. The zero-order valence-electron chi connectivity index (χ0n) is 14.6. The van der Waals surface area contributed by atoms with Gasteiger partial charge >= 0.3 is 6.03 Å². The lowest BCUT2D eigenvalue weighted by Gasteiger charge is -2.32. The molecule has 3 heterocycles. The van der Waals surface area contributed by atoms with E-state index in [1.54, 1.807) is 12.4 Å². The van der Waals surface area contributed by atoms with Crippen molar-refractivity contribution in [2.24, 2.45) is 11.8 Å². The maximum atomic E-state index is 12.6. The Morgan fingerprint density at radius 3 is 3.04 bits per heavy atom. The molecule has 1 N–H and O–H groups in total. The van der Waals surface area contributed by atoms with Crippen molar-refractivity contribution >= 4 is 11.7 Å². The number of hydrogen-bond donors (Lipinski definition) is 1. The molecule has 0 bridgehead atoms. The van der Waals surface area contributed by atoms with Gasteiger partial charge < -0.3 is 10.2 Å². The topological polar surface area (TPSA) is 80.9 Å². The second-order valence-electron chi connectivity index (χ2n) is 7.30. The first kappa shape index (κ1) is 16.1. The number of anilines is 1. The van der Waals surface area contributed by atoms with Crippen LogP contribution in [-0.2, 0) is 6.54 Å². The summed E-state index contributed by atoms with van der Waals surface area (Å²) in [5.74, 6) is 1.15.